The van der Waals surface area contributed by atoms with Gasteiger partial charge in [0, 0.05) is 36.1 Å². The van der Waals surface area contributed by atoms with Crippen LogP contribution in [0.2, 0.25) is 0 Å². The molecule has 1 aromatic heterocycles. The Labute approximate surface area is 132 Å². The normalized spacial score (nSPS) is 32.4. The minimum absolute atomic E-state index is 0.450. The Morgan fingerprint density at radius 1 is 1.05 bits per heavy atom. The van der Waals surface area contributed by atoms with E-state index < -0.39 is 0 Å². The van der Waals surface area contributed by atoms with E-state index in [1.54, 1.807) is 10.4 Å². The molecule has 21 heavy (non-hydrogen) atoms. The quantitative estimate of drug-likeness (QED) is 0.911. The van der Waals surface area contributed by atoms with E-state index >= 15 is 0 Å². The number of nitrogens with zero attached hydrogens (tertiary/aromatic N) is 2. The van der Waals surface area contributed by atoms with Crippen molar-refractivity contribution in [2.75, 3.05) is 26.2 Å². The monoisotopic (exact) mass is 305 g/mol. The summed E-state index contributed by atoms with van der Waals surface area (Å²) in [4.78, 5) is 7.13. The molecule has 116 valence electrons. The lowest BCUT2D eigenvalue weighted by Gasteiger charge is -2.36. The average molecular weight is 305 g/mol. The van der Waals surface area contributed by atoms with Gasteiger partial charge in [0.2, 0.25) is 0 Å². The molecule has 1 aliphatic carbocycles. The Kier molecular flexibility index (Phi) is 4.05. The molecule has 2 fully saturated rings. The van der Waals surface area contributed by atoms with Crippen molar-refractivity contribution < 1.29 is 0 Å². The smallest absolute Gasteiger partial charge is 0.0359 e. The highest BCUT2D eigenvalue weighted by molar-refractivity contribution is 7.10. The molecule has 0 aromatic carbocycles. The predicted octanol–water partition coefficient (Wildman–Crippen LogP) is 2.62. The van der Waals surface area contributed by atoms with E-state index in [4.69, 9.17) is 5.73 Å². The second-order valence-electron chi connectivity index (χ2n) is 7.02. The SMILES string of the molecule is NC1CCN(C2CCN(C3CCCc4sccc43)C2)CC1. The molecule has 3 heterocycles. The third kappa shape index (κ3) is 2.79. The number of hydrogen-bond donors (Lipinski definition) is 1. The van der Waals surface area contributed by atoms with Crippen molar-refractivity contribution in [1.29, 1.82) is 0 Å². The fourth-order valence-electron chi connectivity index (χ4n) is 4.48. The van der Waals surface area contributed by atoms with Gasteiger partial charge in [-0.2, -0.15) is 0 Å². The molecule has 0 amide bonds. The Bertz CT molecular complexity index is 478. The molecular weight excluding hydrogens is 278 g/mol. The second kappa shape index (κ2) is 5.99. The van der Waals surface area contributed by atoms with Gasteiger partial charge in [0.15, 0.2) is 0 Å². The number of fused-ring (bicyclic) bond motifs is 1. The first kappa shape index (κ1) is 14.2. The highest BCUT2D eigenvalue weighted by Gasteiger charge is 2.35. The Hall–Kier alpha value is -0.420. The van der Waals surface area contributed by atoms with Gasteiger partial charge < -0.3 is 5.73 Å². The number of likely N-dealkylation sites (tertiary alicyclic amines) is 2. The van der Waals surface area contributed by atoms with Crippen LogP contribution >= 0.6 is 11.3 Å². The van der Waals surface area contributed by atoms with Crippen molar-refractivity contribution in [3.63, 3.8) is 0 Å². The summed E-state index contributed by atoms with van der Waals surface area (Å²) in [5.41, 5.74) is 7.69. The minimum atomic E-state index is 0.450. The number of thiophene rings is 1. The van der Waals surface area contributed by atoms with Crippen LogP contribution in [-0.2, 0) is 6.42 Å². The van der Waals surface area contributed by atoms with Crippen molar-refractivity contribution >= 4 is 11.3 Å². The highest BCUT2D eigenvalue weighted by atomic mass is 32.1. The van der Waals surface area contributed by atoms with E-state index in [0.717, 1.165) is 6.04 Å². The van der Waals surface area contributed by atoms with Gasteiger partial charge >= 0.3 is 0 Å². The van der Waals surface area contributed by atoms with Crippen molar-refractivity contribution in [1.82, 2.24) is 9.80 Å². The van der Waals surface area contributed by atoms with Crippen LogP contribution in [0.25, 0.3) is 0 Å². The first-order valence-corrected chi connectivity index (χ1v) is 9.49. The summed E-state index contributed by atoms with van der Waals surface area (Å²) >= 11 is 1.97. The Balaban J connectivity index is 1.41. The zero-order chi connectivity index (χ0) is 14.2. The maximum absolute atomic E-state index is 6.05. The summed E-state index contributed by atoms with van der Waals surface area (Å²) in [5.74, 6) is 0. The number of aryl methyl sites for hydroxylation is 1. The molecule has 4 rings (SSSR count). The lowest BCUT2D eigenvalue weighted by Crippen LogP contribution is -2.46. The van der Waals surface area contributed by atoms with Crippen molar-refractivity contribution in [2.45, 2.75) is 56.7 Å². The molecular formula is C17H27N3S. The van der Waals surface area contributed by atoms with Crippen LogP contribution in [0, 0.1) is 0 Å². The maximum atomic E-state index is 6.05. The molecule has 2 saturated heterocycles. The zero-order valence-electron chi connectivity index (χ0n) is 12.8. The molecule has 2 aliphatic heterocycles. The molecule has 0 bridgehead atoms. The molecule has 3 nitrogen and oxygen atoms in total. The molecule has 3 aliphatic rings. The second-order valence-corrected chi connectivity index (χ2v) is 8.02. The fourth-order valence-corrected chi connectivity index (χ4v) is 5.46. The number of piperidine rings is 1. The summed E-state index contributed by atoms with van der Waals surface area (Å²) in [6.45, 7) is 4.99. The molecule has 2 unspecified atom stereocenters. The summed E-state index contributed by atoms with van der Waals surface area (Å²) in [7, 11) is 0. The largest absolute Gasteiger partial charge is 0.328 e. The van der Waals surface area contributed by atoms with E-state index in [1.165, 1.54) is 64.7 Å². The molecule has 2 N–H and O–H groups in total. The number of nitrogens with two attached hydrogens (primary N) is 1. The number of hydrogen-bond acceptors (Lipinski definition) is 4. The van der Waals surface area contributed by atoms with Crippen LogP contribution in [0.5, 0.6) is 0 Å². The van der Waals surface area contributed by atoms with Crippen LogP contribution in [0.3, 0.4) is 0 Å². The van der Waals surface area contributed by atoms with Gasteiger partial charge in [-0.15, -0.1) is 11.3 Å². The van der Waals surface area contributed by atoms with Gasteiger partial charge in [-0.3, -0.25) is 9.80 Å². The van der Waals surface area contributed by atoms with Crippen molar-refractivity contribution in [3.05, 3.63) is 21.9 Å². The standard InChI is InChI=1S/C17H27N3S/c18-13-4-8-19(9-5-13)14-6-10-20(12-14)16-2-1-3-17-15(16)7-11-21-17/h7,11,13-14,16H,1-6,8-10,12,18H2. The summed E-state index contributed by atoms with van der Waals surface area (Å²) < 4.78 is 0. The topological polar surface area (TPSA) is 32.5 Å². The number of rotatable bonds is 2. The van der Waals surface area contributed by atoms with Gasteiger partial charge in [0.05, 0.1) is 0 Å². The van der Waals surface area contributed by atoms with Gasteiger partial charge in [-0.05, 0) is 68.6 Å². The van der Waals surface area contributed by atoms with E-state index in [2.05, 4.69) is 21.2 Å². The first-order valence-electron chi connectivity index (χ1n) is 8.61. The zero-order valence-corrected chi connectivity index (χ0v) is 13.7. The van der Waals surface area contributed by atoms with Crippen LogP contribution in [0.4, 0.5) is 0 Å². The molecule has 0 saturated carbocycles. The lowest BCUT2D eigenvalue weighted by molar-refractivity contribution is 0.140. The van der Waals surface area contributed by atoms with Crippen molar-refractivity contribution in [3.8, 4) is 0 Å². The van der Waals surface area contributed by atoms with Crippen LogP contribution in [-0.4, -0.2) is 48.1 Å². The molecule has 0 radical (unpaired) electrons. The van der Waals surface area contributed by atoms with Gasteiger partial charge in [-0.1, -0.05) is 0 Å². The van der Waals surface area contributed by atoms with Gasteiger partial charge in [0.25, 0.3) is 0 Å². The molecule has 1 aromatic rings. The van der Waals surface area contributed by atoms with E-state index in [-0.39, 0.29) is 0 Å². The molecule has 0 spiro atoms. The Morgan fingerprint density at radius 2 is 1.86 bits per heavy atom. The first-order chi connectivity index (χ1) is 10.3. The summed E-state index contributed by atoms with van der Waals surface area (Å²) in [6, 6.07) is 4.32. The van der Waals surface area contributed by atoms with Crippen molar-refractivity contribution in [2.24, 2.45) is 5.73 Å². The van der Waals surface area contributed by atoms with Crippen LogP contribution < -0.4 is 5.73 Å². The fraction of sp³-hybridized carbons (Fsp3) is 0.765. The highest BCUT2D eigenvalue weighted by Crippen LogP contribution is 2.39. The average Bonchev–Trinajstić information content (AvgIpc) is 3.16. The predicted molar refractivity (Wildman–Crippen MR) is 88.8 cm³/mol. The maximum Gasteiger partial charge on any atom is 0.0359 e. The third-order valence-electron chi connectivity index (χ3n) is 5.75. The van der Waals surface area contributed by atoms with Crippen LogP contribution in [0.15, 0.2) is 11.4 Å². The van der Waals surface area contributed by atoms with E-state index in [1.807, 2.05) is 11.3 Å². The van der Waals surface area contributed by atoms with Gasteiger partial charge in [-0.25, -0.2) is 0 Å². The van der Waals surface area contributed by atoms with Crippen LogP contribution in [0.1, 0.15) is 48.6 Å². The van der Waals surface area contributed by atoms with E-state index in [0.29, 0.717) is 12.1 Å². The molecule has 4 heteroatoms. The van der Waals surface area contributed by atoms with Gasteiger partial charge in [0.1, 0.15) is 0 Å². The lowest BCUT2D eigenvalue weighted by atomic mass is 9.93. The summed E-state index contributed by atoms with van der Waals surface area (Å²) in [6.07, 6.45) is 7.78. The Morgan fingerprint density at radius 3 is 2.71 bits per heavy atom. The summed E-state index contributed by atoms with van der Waals surface area (Å²) in [5, 5.41) is 2.29. The molecule has 2 atom stereocenters. The van der Waals surface area contributed by atoms with E-state index in [9.17, 15) is 0 Å². The minimum Gasteiger partial charge on any atom is -0.328 e. The third-order valence-corrected chi connectivity index (χ3v) is 6.74.